The summed E-state index contributed by atoms with van der Waals surface area (Å²) in [5.74, 6) is 0. The second kappa shape index (κ2) is 6.85. The average molecular weight is 256 g/mol. The first-order valence-corrected chi connectivity index (χ1v) is 7.35. The van der Waals surface area contributed by atoms with E-state index in [1.165, 1.54) is 12.8 Å². The molecule has 0 bridgehead atoms. The third-order valence-electron chi connectivity index (χ3n) is 4.39. The molecule has 0 saturated carbocycles. The van der Waals surface area contributed by atoms with E-state index in [-0.39, 0.29) is 6.10 Å². The van der Waals surface area contributed by atoms with Crippen LogP contribution in [0.5, 0.6) is 0 Å². The Morgan fingerprint density at radius 3 is 2.89 bits per heavy atom. The van der Waals surface area contributed by atoms with Gasteiger partial charge in [0.25, 0.3) is 0 Å². The van der Waals surface area contributed by atoms with Crippen molar-refractivity contribution in [2.24, 2.45) is 0 Å². The SMILES string of the molecule is CN1CCN(C)C(C(O)CCCC2CCCO2)C1. The van der Waals surface area contributed by atoms with E-state index in [1.54, 1.807) is 0 Å². The first-order valence-electron chi connectivity index (χ1n) is 7.35. The maximum atomic E-state index is 10.3. The quantitative estimate of drug-likeness (QED) is 0.794. The molecule has 1 N–H and O–H groups in total. The standard InChI is InChI=1S/C14H28N2O2/c1-15-8-9-16(2)13(11-15)14(17)7-3-5-12-6-4-10-18-12/h12-14,17H,3-11H2,1-2H3. The third-order valence-corrected chi connectivity index (χ3v) is 4.39. The fourth-order valence-corrected chi connectivity index (χ4v) is 3.08. The number of aliphatic hydroxyl groups is 1. The Labute approximate surface area is 111 Å². The van der Waals surface area contributed by atoms with Crippen molar-refractivity contribution in [3.8, 4) is 0 Å². The van der Waals surface area contributed by atoms with Crippen molar-refractivity contribution in [2.45, 2.75) is 50.4 Å². The lowest BCUT2D eigenvalue weighted by atomic mass is 9.99. The monoisotopic (exact) mass is 256 g/mol. The van der Waals surface area contributed by atoms with Gasteiger partial charge in [-0.05, 0) is 46.2 Å². The zero-order valence-electron chi connectivity index (χ0n) is 11.8. The van der Waals surface area contributed by atoms with E-state index >= 15 is 0 Å². The summed E-state index contributed by atoms with van der Waals surface area (Å²) in [5, 5.41) is 10.3. The Bertz CT molecular complexity index is 244. The number of rotatable bonds is 5. The van der Waals surface area contributed by atoms with E-state index in [2.05, 4.69) is 23.9 Å². The van der Waals surface area contributed by atoms with Gasteiger partial charge in [-0.25, -0.2) is 0 Å². The van der Waals surface area contributed by atoms with Crippen LogP contribution in [-0.4, -0.2) is 73.5 Å². The summed E-state index contributed by atoms with van der Waals surface area (Å²) in [5.41, 5.74) is 0. The third kappa shape index (κ3) is 3.92. The van der Waals surface area contributed by atoms with Gasteiger partial charge in [-0.1, -0.05) is 0 Å². The summed E-state index contributed by atoms with van der Waals surface area (Å²) in [6, 6.07) is 0.299. The second-order valence-corrected chi connectivity index (χ2v) is 5.94. The topological polar surface area (TPSA) is 35.9 Å². The van der Waals surface area contributed by atoms with Gasteiger partial charge in [0.2, 0.25) is 0 Å². The molecule has 0 aromatic rings. The van der Waals surface area contributed by atoms with Gasteiger partial charge in [0.05, 0.1) is 12.2 Å². The van der Waals surface area contributed by atoms with Gasteiger partial charge < -0.3 is 14.7 Å². The Kier molecular flexibility index (Phi) is 5.42. The summed E-state index contributed by atoms with van der Waals surface area (Å²) in [7, 11) is 4.26. The van der Waals surface area contributed by atoms with Crippen LogP contribution < -0.4 is 0 Å². The van der Waals surface area contributed by atoms with Crippen molar-refractivity contribution < 1.29 is 9.84 Å². The summed E-state index contributed by atoms with van der Waals surface area (Å²) in [6.07, 6.45) is 5.79. The zero-order valence-corrected chi connectivity index (χ0v) is 11.8. The van der Waals surface area contributed by atoms with Crippen molar-refractivity contribution in [3.63, 3.8) is 0 Å². The number of aliphatic hydroxyl groups excluding tert-OH is 1. The maximum Gasteiger partial charge on any atom is 0.0707 e. The van der Waals surface area contributed by atoms with Gasteiger partial charge in [0.15, 0.2) is 0 Å². The van der Waals surface area contributed by atoms with Crippen LogP contribution in [0, 0.1) is 0 Å². The van der Waals surface area contributed by atoms with Gasteiger partial charge in [-0.3, -0.25) is 4.90 Å². The first kappa shape index (κ1) is 14.3. The molecule has 106 valence electrons. The largest absolute Gasteiger partial charge is 0.391 e. The molecular weight excluding hydrogens is 228 g/mol. The van der Waals surface area contributed by atoms with Gasteiger partial charge >= 0.3 is 0 Å². The molecule has 2 heterocycles. The Balaban J connectivity index is 1.67. The minimum atomic E-state index is -0.195. The van der Waals surface area contributed by atoms with Crippen LogP contribution in [0.3, 0.4) is 0 Å². The Morgan fingerprint density at radius 1 is 1.33 bits per heavy atom. The number of likely N-dealkylation sites (N-methyl/N-ethyl adjacent to an activating group) is 2. The summed E-state index contributed by atoms with van der Waals surface area (Å²) < 4.78 is 5.62. The molecule has 4 heteroatoms. The molecule has 2 rings (SSSR count). The second-order valence-electron chi connectivity index (χ2n) is 5.94. The average Bonchev–Trinajstić information content (AvgIpc) is 2.85. The van der Waals surface area contributed by atoms with Crippen LogP contribution in [0.25, 0.3) is 0 Å². The predicted octanol–water partition coefficient (Wildman–Crippen LogP) is 0.942. The summed E-state index contributed by atoms with van der Waals surface area (Å²) in [4.78, 5) is 4.62. The number of ether oxygens (including phenoxy) is 1. The van der Waals surface area contributed by atoms with E-state index in [9.17, 15) is 5.11 Å². The lowest BCUT2D eigenvalue weighted by Crippen LogP contribution is -2.55. The highest BCUT2D eigenvalue weighted by atomic mass is 16.5. The molecule has 0 amide bonds. The van der Waals surface area contributed by atoms with Crippen molar-refractivity contribution in [3.05, 3.63) is 0 Å². The summed E-state index contributed by atoms with van der Waals surface area (Å²) in [6.45, 7) is 4.08. The van der Waals surface area contributed by atoms with E-state index in [0.717, 1.165) is 45.5 Å². The molecule has 4 nitrogen and oxygen atoms in total. The van der Waals surface area contributed by atoms with Crippen molar-refractivity contribution >= 4 is 0 Å². The minimum Gasteiger partial charge on any atom is -0.391 e. The van der Waals surface area contributed by atoms with Crippen LogP contribution in [-0.2, 0) is 4.74 Å². The number of piperazine rings is 1. The molecule has 0 spiro atoms. The molecule has 2 aliphatic heterocycles. The highest BCUT2D eigenvalue weighted by Gasteiger charge is 2.28. The summed E-state index contributed by atoms with van der Waals surface area (Å²) >= 11 is 0. The molecule has 3 atom stereocenters. The molecule has 18 heavy (non-hydrogen) atoms. The van der Waals surface area contributed by atoms with E-state index < -0.39 is 0 Å². The number of hydrogen-bond donors (Lipinski definition) is 1. The molecule has 2 fully saturated rings. The number of nitrogens with zero attached hydrogens (tertiary/aromatic N) is 2. The molecule has 2 saturated heterocycles. The van der Waals surface area contributed by atoms with Gasteiger partial charge in [-0.2, -0.15) is 0 Å². The fraction of sp³-hybridized carbons (Fsp3) is 1.00. The van der Waals surface area contributed by atoms with E-state index in [1.807, 2.05) is 0 Å². The lowest BCUT2D eigenvalue weighted by Gasteiger charge is -2.40. The Hall–Kier alpha value is -0.160. The zero-order chi connectivity index (χ0) is 13.0. The molecule has 0 aliphatic carbocycles. The smallest absolute Gasteiger partial charge is 0.0707 e. The normalized spacial score (nSPS) is 32.8. The molecule has 2 aliphatic rings. The number of hydrogen-bond acceptors (Lipinski definition) is 4. The van der Waals surface area contributed by atoms with Crippen LogP contribution >= 0.6 is 0 Å². The fourth-order valence-electron chi connectivity index (χ4n) is 3.08. The highest BCUT2D eigenvalue weighted by Crippen LogP contribution is 2.20. The minimum absolute atomic E-state index is 0.195. The van der Waals surface area contributed by atoms with Gasteiger partial charge in [0, 0.05) is 32.3 Å². The van der Waals surface area contributed by atoms with E-state index in [4.69, 9.17) is 4.74 Å². The van der Waals surface area contributed by atoms with Crippen LogP contribution in [0.2, 0.25) is 0 Å². The molecule has 3 unspecified atom stereocenters. The van der Waals surface area contributed by atoms with Crippen molar-refractivity contribution in [1.82, 2.24) is 9.80 Å². The Morgan fingerprint density at radius 2 is 2.17 bits per heavy atom. The van der Waals surface area contributed by atoms with Crippen LogP contribution in [0.1, 0.15) is 32.1 Å². The predicted molar refractivity (Wildman–Crippen MR) is 72.7 cm³/mol. The van der Waals surface area contributed by atoms with Crippen molar-refractivity contribution in [2.75, 3.05) is 40.3 Å². The molecular formula is C14H28N2O2. The lowest BCUT2D eigenvalue weighted by molar-refractivity contribution is 0.00749. The van der Waals surface area contributed by atoms with Crippen LogP contribution in [0.4, 0.5) is 0 Å². The first-order chi connectivity index (χ1) is 8.66. The highest BCUT2D eigenvalue weighted by molar-refractivity contribution is 4.84. The van der Waals surface area contributed by atoms with Crippen LogP contribution in [0.15, 0.2) is 0 Å². The molecule has 0 aromatic heterocycles. The van der Waals surface area contributed by atoms with Gasteiger partial charge in [0.1, 0.15) is 0 Å². The molecule has 0 radical (unpaired) electrons. The molecule has 0 aromatic carbocycles. The maximum absolute atomic E-state index is 10.3. The van der Waals surface area contributed by atoms with Gasteiger partial charge in [-0.15, -0.1) is 0 Å². The van der Waals surface area contributed by atoms with Crippen molar-refractivity contribution in [1.29, 1.82) is 0 Å². The van der Waals surface area contributed by atoms with E-state index in [0.29, 0.717) is 12.1 Å².